The molecule has 2 atom stereocenters. The lowest BCUT2D eigenvalue weighted by Crippen LogP contribution is -2.48. The van der Waals surface area contributed by atoms with Gasteiger partial charge in [0.05, 0.1) is 17.5 Å². The second-order valence-corrected chi connectivity index (χ2v) is 12.9. The second-order valence-electron chi connectivity index (χ2n) is 9.54. The van der Waals surface area contributed by atoms with Gasteiger partial charge in [-0.2, -0.15) is 4.31 Å². The number of hydrogen-bond donors (Lipinski definition) is 0. The third kappa shape index (κ3) is 6.55. The molecule has 37 heavy (non-hydrogen) atoms. The van der Waals surface area contributed by atoms with Gasteiger partial charge in [-0.05, 0) is 72.7 Å². The number of aryl methyl sites for hydroxylation is 1. The van der Waals surface area contributed by atoms with Crippen LogP contribution in [0.2, 0.25) is 5.02 Å². The summed E-state index contributed by atoms with van der Waals surface area (Å²) in [7, 11) is -3.89. The Morgan fingerprint density at radius 3 is 2.54 bits per heavy atom. The predicted molar refractivity (Wildman–Crippen MR) is 149 cm³/mol. The summed E-state index contributed by atoms with van der Waals surface area (Å²) >= 11 is 7.67. The van der Waals surface area contributed by atoms with E-state index >= 15 is 0 Å². The largest absolute Gasteiger partial charge is 0.491 e. The van der Waals surface area contributed by atoms with E-state index in [1.165, 1.54) is 21.3 Å². The molecule has 1 aliphatic heterocycles. The van der Waals surface area contributed by atoms with Gasteiger partial charge in [-0.3, -0.25) is 4.79 Å². The van der Waals surface area contributed by atoms with Crippen molar-refractivity contribution < 1.29 is 17.9 Å². The fraction of sp³-hybridized carbons (Fsp3) is 0.393. The Morgan fingerprint density at radius 1 is 1.16 bits per heavy atom. The Kier molecular flexibility index (Phi) is 8.95. The average Bonchev–Trinajstić information content (AvgIpc) is 3.37. The Balaban J connectivity index is 1.58. The normalized spacial score (nSPS) is 16.5. The molecule has 2 heterocycles. The van der Waals surface area contributed by atoms with Crippen LogP contribution >= 0.6 is 22.9 Å². The maximum atomic E-state index is 13.8. The van der Waals surface area contributed by atoms with Crippen LogP contribution in [0.3, 0.4) is 0 Å². The Morgan fingerprint density at radius 2 is 1.86 bits per heavy atom. The molecule has 198 valence electrons. The standard InChI is InChI=1S/C28H33ClN2O4S2/c1-4-20(2)17-30(37(33,34)24-11-7-22(29)8-12-24)18-28(32)31-15-13-27-25(14-16-36-27)26(31)19-35-23-9-5-21(3)6-10-23/h5-12,14,16,20,26H,4,13,15,17-19H2,1-3H3/t20-,26+/m1/s1. The lowest BCUT2D eigenvalue weighted by Gasteiger charge is -2.37. The van der Waals surface area contributed by atoms with Gasteiger partial charge in [0, 0.05) is 23.0 Å². The molecule has 3 aromatic rings. The number of sulfonamides is 1. The molecule has 0 radical (unpaired) electrons. The Hall–Kier alpha value is -2.39. The van der Waals surface area contributed by atoms with Gasteiger partial charge in [-0.25, -0.2) is 8.42 Å². The molecular weight excluding hydrogens is 528 g/mol. The maximum absolute atomic E-state index is 13.8. The van der Waals surface area contributed by atoms with Crippen molar-refractivity contribution in [2.75, 3.05) is 26.2 Å². The molecule has 9 heteroatoms. The van der Waals surface area contributed by atoms with Gasteiger partial charge < -0.3 is 9.64 Å². The summed E-state index contributed by atoms with van der Waals surface area (Å²) in [5.41, 5.74) is 2.22. The molecule has 0 N–H and O–H groups in total. The topological polar surface area (TPSA) is 66.9 Å². The van der Waals surface area contributed by atoms with Crippen LogP contribution in [-0.2, 0) is 21.2 Å². The number of hydrogen-bond acceptors (Lipinski definition) is 5. The lowest BCUT2D eigenvalue weighted by atomic mass is 10.0. The van der Waals surface area contributed by atoms with Crippen molar-refractivity contribution in [2.24, 2.45) is 5.92 Å². The van der Waals surface area contributed by atoms with Crippen LogP contribution in [0.25, 0.3) is 0 Å². The number of benzene rings is 2. The molecule has 0 unspecified atom stereocenters. The van der Waals surface area contributed by atoms with E-state index in [0.29, 0.717) is 18.2 Å². The van der Waals surface area contributed by atoms with Crippen LogP contribution in [0.5, 0.6) is 5.75 Å². The molecule has 0 spiro atoms. The summed E-state index contributed by atoms with van der Waals surface area (Å²) in [5, 5.41) is 2.50. The molecule has 1 aromatic heterocycles. The van der Waals surface area contributed by atoms with Crippen LogP contribution in [0, 0.1) is 12.8 Å². The van der Waals surface area contributed by atoms with Crippen molar-refractivity contribution in [1.82, 2.24) is 9.21 Å². The molecule has 0 fully saturated rings. The molecule has 0 saturated carbocycles. The Bertz CT molecular complexity index is 1310. The van der Waals surface area contributed by atoms with Crippen LogP contribution < -0.4 is 4.74 Å². The first-order chi connectivity index (χ1) is 17.7. The zero-order valence-corrected chi connectivity index (χ0v) is 23.8. The van der Waals surface area contributed by atoms with Gasteiger partial charge in [0.1, 0.15) is 12.4 Å². The average molecular weight is 561 g/mol. The van der Waals surface area contributed by atoms with E-state index < -0.39 is 10.0 Å². The number of ether oxygens (including phenoxy) is 1. The first-order valence-electron chi connectivity index (χ1n) is 12.5. The minimum atomic E-state index is -3.89. The van der Waals surface area contributed by atoms with Crippen molar-refractivity contribution >= 4 is 38.9 Å². The van der Waals surface area contributed by atoms with Crippen LogP contribution in [0.15, 0.2) is 64.9 Å². The maximum Gasteiger partial charge on any atom is 0.243 e. The molecule has 0 aliphatic carbocycles. The highest BCUT2D eigenvalue weighted by atomic mass is 35.5. The quantitative estimate of drug-likeness (QED) is 0.307. The molecule has 0 saturated heterocycles. The number of fused-ring (bicyclic) bond motifs is 1. The highest BCUT2D eigenvalue weighted by Crippen LogP contribution is 2.34. The monoisotopic (exact) mass is 560 g/mol. The highest BCUT2D eigenvalue weighted by Gasteiger charge is 2.35. The molecule has 0 bridgehead atoms. The van der Waals surface area contributed by atoms with E-state index in [0.717, 1.165) is 29.7 Å². The lowest BCUT2D eigenvalue weighted by molar-refractivity contribution is -0.135. The minimum absolute atomic E-state index is 0.0976. The first-order valence-corrected chi connectivity index (χ1v) is 15.2. The summed E-state index contributed by atoms with van der Waals surface area (Å²) in [5.74, 6) is 0.611. The molecule has 4 rings (SSSR count). The number of carbonyl (C=O) groups excluding carboxylic acids is 1. The summed E-state index contributed by atoms with van der Waals surface area (Å²) < 4.78 is 34.6. The van der Waals surface area contributed by atoms with Crippen molar-refractivity contribution in [3.8, 4) is 5.75 Å². The van der Waals surface area contributed by atoms with Gasteiger partial charge in [0.25, 0.3) is 0 Å². The first kappa shape index (κ1) is 27.6. The number of thiophene rings is 1. The third-order valence-electron chi connectivity index (χ3n) is 6.82. The molecule has 2 aromatic carbocycles. The number of halogens is 1. The van der Waals surface area contributed by atoms with Gasteiger partial charge in [-0.15, -0.1) is 11.3 Å². The van der Waals surface area contributed by atoms with E-state index in [1.807, 2.05) is 56.5 Å². The zero-order chi connectivity index (χ0) is 26.6. The van der Waals surface area contributed by atoms with Gasteiger partial charge in [-0.1, -0.05) is 49.6 Å². The van der Waals surface area contributed by atoms with E-state index in [9.17, 15) is 13.2 Å². The summed E-state index contributed by atoms with van der Waals surface area (Å²) in [6, 6.07) is 15.7. The fourth-order valence-electron chi connectivity index (χ4n) is 4.41. The molecule has 1 amide bonds. The van der Waals surface area contributed by atoms with Gasteiger partial charge in [0.15, 0.2) is 0 Å². The smallest absolute Gasteiger partial charge is 0.243 e. The fourth-order valence-corrected chi connectivity index (χ4v) is 6.97. The van der Waals surface area contributed by atoms with Crippen LogP contribution in [0.4, 0.5) is 0 Å². The number of rotatable bonds is 10. The minimum Gasteiger partial charge on any atom is -0.491 e. The summed E-state index contributed by atoms with van der Waals surface area (Å²) in [6.07, 6.45) is 1.55. The predicted octanol–water partition coefficient (Wildman–Crippen LogP) is 5.95. The van der Waals surface area contributed by atoms with Crippen molar-refractivity contribution in [1.29, 1.82) is 0 Å². The number of amides is 1. The van der Waals surface area contributed by atoms with Crippen LogP contribution in [-0.4, -0.2) is 49.8 Å². The van der Waals surface area contributed by atoms with E-state index in [-0.39, 0.29) is 35.9 Å². The third-order valence-corrected chi connectivity index (χ3v) is 9.89. The van der Waals surface area contributed by atoms with E-state index in [4.69, 9.17) is 16.3 Å². The Labute approximate surface area is 228 Å². The van der Waals surface area contributed by atoms with E-state index in [2.05, 4.69) is 0 Å². The second kappa shape index (κ2) is 12.0. The summed E-state index contributed by atoms with van der Waals surface area (Å²) in [4.78, 5) is 16.9. The SMILES string of the molecule is CC[C@@H](C)CN(CC(=O)N1CCc2sccc2[C@@H]1COc1ccc(C)cc1)S(=O)(=O)c1ccc(Cl)cc1. The number of carbonyl (C=O) groups is 1. The summed E-state index contributed by atoms with van der Waals surface area (Å²) in [6.45, 7) is 6.88. The van der Waals surface area contributed by atoms with Crippen molar-refractivity contribution in [3.05, 3.63) is 81.0 Å². The zero-order valence-electron chi connectivity index (χ0n) is 21.4. The highest BCUT2D eigenvalue weighted by molar-refractivity contribution is 7.89. The molecular formula is C28H33ClN2O4S2. The molecule has 6 nitrogen and oxygen atoms in total. The van der Waals surface area contributed by atoms with E-state index in [1.54, 1.807) is 28.4 Å². The molecule has 1 aliphatic rings. The van der Waals surface area contributed by atoms with Crippen LogP contribution in [0.1, 0.15) is 42.3 Å². The van der Waals surface area contributed by atoms with Crippen molar-refractivity contribution in [2.45, 2.75) is 44.6 Å². The number of nitrogens with zero attached hydrogens (tertiary/aromatic N) is 2. The van der Waals surface area contributed by atoms with Gasteiger partial charge in [0.2, 0.25) is 15.9 Å². The van der Waals surface area contributed by atoms with Gasteiger partial charge >= 0.3 is 0 Å². The van der Waals surface area contributed by atoms with Crippen molar-refractivity contribution in [3.63, 3.8) is 0 Å².